The summed E-state index contributed by atoms with van der Waals surface area (Å²) in [7, 11) is 0. The van der Waals surface area contributed by atoms with Crippen molar-refractivity contribution in [1.82, 2.24) is 10.6 Å². The summed E-state index contributed by atoms with van der Waals surface area (Å²) in [5, 5.41) is 15.1. The van der Waals surface area contributed by atoms with Gasteiger partial charge in [0.1, 0.15) is 11.6 Å². The monoisotopic (exact) mass is 327 g/mol. The Kier molecular flexibility index (Phi) is 6.83. The van der Waals surface area contributed by atoms with Crippen molar-refractivity contribution < 1.29 is 9.53 Å². The van der Waals surface area contributed by atoms with Gasteiger partial charge in [-0.2, -0.15) is 5.26 Å². The van der Waals surface area contributed by atoms with Crippen LogP contribution < -0.4 is 10.6 Å². The first kappa shape index (κ1) is 18.0. The molecule has 2 N–H and O–H groups in total. The number of hydrogen-bond acceptors (Lipinski definition) is 4. The van der Waals surface area contributed by atoms with E-state index in [1.165, 1.54) is 11.8 Å². The van der Waals surface area contributed by atoms with Gasteiger partial charge in [-0.05, 0) is 37.3 Å². The Balaban J connectivity index is 1.88. The molecule has 24 heavy (non-hydrogen) atoms. The van der Waals surface area contributed by atoms with Crippen molar-refractivity contribution in [2.45, 2.75) is 45.3 Å². The Morgan fingerprint density at radius 3 is 2.79 bits per heavy atom. The van der Waals surface area contributed by atoms with E-state index in [1.807, 2.05) is 13.0 Å². The number of nitrogens with zero attached hydrogens (tertiary/aromatic N) is 1. The molecule has 2 rings (SSSR count). The molecular formula is C19H25N3O2. The van der Waals surface area contributed by atoms with E-state index in [0.29, 0.717) is 6.54 Å². The maximum Gasteiger partial charge on any atom is 0.263 e. The van der Waals surface area contributed by atoms with Crippen LogP contribution in [-0.2, 0) is 16.0 Å². The lowest BCUT2D eigenvalue weighted by atomic mass is 10.1. The molecular weight excluding hydrogens is 302 g/mol. The average molecular weight is 327 g/mol. The summed E-state index contributed by atoms with van der Waals surface area (Å²) >= 11 is 0. The zero-order chi connectivity index (χ0) is 17.4. The maximum absolute atomic E-state index is 12.1. The predicted octanol–water partition coefficient (Wildman–Crippen LogP) is 2.60. The molecule has 1 aromatic rings. The van der Waals surface area contributed by atoms with Gasteiger partial charge in [0.05, 0.1) is 6.10 Å². The van der Waals surface area contributed by atoms with Gasteiger partial charge < -0.3 is 15.4 Å². The zero-order valence-corrected chi connectivity index (χ0v) is 14.3. The second-order valence-electron chi connectivity index (χ2n) is 6.00. The first-order valence-corrected chi connectivity index (χ1v) is 8.49. The second-order valence-corrected chi connectivity index (χ2v) is 6.00. The molecule has 2 atom stereocenters. The summed E-state index contributed by atoms with van der Waals surface area (Å²) in [6.45, 7) is 5.31. The molecule has 0 aliphatic carbocycles. The molecule has 0 radical (unpaired) electrons. The van der Waals surface area contributed by atoms with E-state index in [9.17, 15) is 10.1 Å². The molecule has 1 heterocycles. The fraction of sp³-hybridized carbons (Fsp3) is 0.474. The first-order chi connectivity index (χ1) is 11.6. The van der Waals surface area contributed by atoms with Crippen molar-refractivity contribution >= 4 is 5.91 Å². The Morgan fingerprint density at radius 2 is 2.21 bits per heavy atom. The van der Waals surface area contributed by atoms with Crippen LogP contribution in [-0.4, -0.2) is 25.2 Å². The van der Waals surface area contributed by atoms with Crippen LogP contribution in [0.4, 0.5) is 0 Å². The number of carbonyl (C=O) groups excluding carboxylic acids is 1. The van der Waals surface area contributed by atoms with Gasteiger partial charge in [0, 0.05) is 25.4 Å². The summed E-state index contributed by atoms with van der Waals surface area (Å²) in [6, 6.07) is 10.3. The molecule has 0 aromatic heterocycles. The van der Waals surface area contributed by atoms with Crippen LogP contribution in [0.1, 0.15) is 43.9 Å². The topological polar surface area (TPSA) is 74.2 Å². The summed E-state index contributed by atoms with van der Waals surface area (Å²) < 4.78 is 5.46. The number of hydrogen-bond donors (Lipinski definition) is 2. The largest absolute Gasteiger partial charge is 0.383 e. The quantitative estimate of drug-likeness (QED) is 0.596. The van der Waals surface area contributed by atoms with Crippen LogP contribution in [0.15, 0.2) is 36.0 Å². The van der Waals surface area contributed by atoms with E-state index in [4.69, 9.17) is 4.74 Å². The van der Waals surface area contributed by atoms with Crippen molar-refractivity contribution in [1.29, 1.82) is 5.26 Å². The Morgan fingerprint density at radius 1 is 1.46 bits per heavy atom. The SMILES string of the molecule is CCc1ccc(C(C)N/C=C(/C#N)C(=O)NCC2CCCO2)cc1. The maximum atomic E-state index is 12.1. The number of rotatable bonds is 7. The standard InChI is InChI=1S/C19H25N3O2/c1-3-15-6-8-16(9-7-15)14(2)21-12-17(11-20)19(23)22-13-18-5-4-10-24-18/h6-9,12,14,18,21H,3-5,10,13H2,1-2H3,(H,22,23)/b17-12-. The molecule has 1 saturated heterocycles. The van der Waals surface area contributed by atoms with E-state index < -0.39 is 0 Å². The van der Waals surface area contributed by atoms with Gasteiger partial charge in [0.2, 0.25) is 0 Å². The molecule has 0 spiro atoms. The van der Waals surface area contributed by atoms with E-state index in [2.05, 4.69) is 41.8 Å². The number of nitrogens with one attached hydrogen (secondary N) is 2. The highest BCUT2D eigenvalue weighted by molar-refractivity contribution is 5.97. The molecule has 1 amide bonds. The minimum absolute atomic E-state index is 0.0187. The Hall–Kier alpha value is -2.32. The highest BCUT2D eigenvalue weighted by atomic mass is 16.5. The number of carbonyl (C=O) groups is 1. The minimum Gasteiger partial charge on any atom is -0.383 e. The molecule has 128 valence electrons. The summed E-state index contributed by atoms with van der Waals surface area (Å²) in [5.41, 5.74) is 2.47. The fourth-order valence-electron chi connectivity index (χ4n) is 2.60. The molecule has 2 unspecified atom stereocenters. The van der Waals surface area contributed by atoms with Gasteiger partial charge in [0.25, 0.3) is 5.91 Å². The first-order valence-electron chi connectivity index (χ1n) is 8.49. The van der Waals surface area contributed by atoms with Crippen LogP contribution in [0.2, 0.25) is 0 Å². The Bertz CT molecular complexity index is 610. The van der Waals surface area contributed by atoms with Crippen molar-refractivity contribution in [3.05, 3.63) is 47.2 Å². The van der Waals surface area contributed by atoms with Crippen molar-refractivity contribution in [3.63, 3.8) is 0 Å². The smallest absolute Gasteiger partial charge is 0.263 e. The molecule has 1 fully saturated rings. The van der Waals surface area contributed by atoms with E-state index >= 15 is 0 Å². The van der Waals surface area contributed by atoms with Gasteiger partial charge in [-0.15, -0.1) is 0 Å². The second kappa shape index (κ2) is 9.09. The van der Waals surface area contributed by atoms with Crippen LogP contribution >= 0.6 is 0 Å². The normalized spacial score (nSPS) is 18.7. The predicted molar refractivity (Wildman–Crippen MR) is 93.1 cm³/mol. The third-order valence-electron chi connectivity index (χ3n) is 4.24. The summed E-state index contributed by atoms with van der Waals surface area (Å²) in [4.78, 5) is 12.1. The third-order valence-corrected chi connectivity index (χ3v) is 4.24. The van der Waals surface area contributed by atoms with Crippen LogP contribution in [0.3, 0.4) is 0 Å². The molecule has 5 nitrogen and oxygen atoms in total. The van der Waals surface area contributed by atoms with Crippen LogP contribution in [0, 0.1) is 11.3 Å². The Labute approximate surface area is 143 Å². The summed E-state index contributed by atoms with van der Waals surface area (Å²) in [5.74, 6) is -0.367. The molecule has 1 aliphatic heterocycles. The van der Waals surface area contributed by atoms with Crippen molar-refractivity contribution in [2.24, 2.45) is 0 Å². The lowest BCUT2D eigenvalue weighted by Gasteiger charge is -2.14. The molecule has 5 heteroatoms. The lowest BCUT2D eigenvalue weighted by Crippen LogP contribution is -2.33. The van der Waals surface area contributed by atoms with Gasteiger partial charge >= 0.3 is 0 Å². The zero-order valence-electron chi connectivity index (χ0n) is 14.3. The van der Waals surface area contributed by atoms with E-state index in [1.54, 1.807) is 0 Å². The van der Waals surface area contributed by atoms with Crippen LogP contribution in [0.25, 0.3) is 0 Å². The van der Waals surface area contributed by atoms with Crippen LogP contribution in [0.5, 0.6) is 0 Å². The molecule has 1 aromatic carbocycles. The number of ether oxygens (including phenoxy) is 1. The summed E-state index contributed by atoms with van der Waals surface area (Å²) in [6.07, 6.45) is 4.54. The van der Waals surface area contributed by atoms with Gasteiger partial charge in [-0.3, -0.25) is 4.79 Å². The number of benzene rings is 1. The molecule has 0 bridgehead atoms. The highest BCUT2D eigenvalue weighted by Crippen LogP contribution is 2.14. The van der Waals surface area contributed by atoms with Crippen molar-refractivity contribution in [3.8, 4) is 6.07 Å². The lowest BCUT2D eigenvalue weighted by molar-refractivity contribution is -0.117. The van der Waals surface area contributed by atoms with Gasteiger partial charge in [-0.1, -0.05) is 31.2 Å². The molecule has 0 saturated carbocycles. The fourth-order valence-corrected chi connectivity index (χ4v) is 2.60. The minimum atomic E-state index is -0.367. The number of aryl methyl sites for hydroxylation is 1. The third kappa shape index (κ3) is 5.10. The van der Waals surface area contributed by atoms with E-state index in [0.717, 1.165) is 31.4 Å². The number of amides is 1. The van der Waals surface area contributed by atoms with Gasteiger partial charge in [-0.25, -0.2) is 0 Å². The van der Waals surface area contributed by atoms with Gasteiger partial charge in [0.15, 0.2) is 0 Å². The average Bonchev–Trinajstić information content (AvgIpc) is 3.14. The van der Waals surface area contributed by atoms with Crippen molar-refractivity contribution in [2.75, 3.05) is 13.2 Å². The molecule has 1 aliphatic rings. The van der Waals surface area contributed by atoms with E-state index in [-0.39, 0.29) is 23.6 Å². The number of nitriles is 1. The highest BCUT2D eigenvalue weighted by Gasteiger charge is 2.17.